The Labute approximate surface area is 114 Å². The summed E-state index contributed by atoms with van der Waals surface area (Å²) in [6, 6.07) is 6.90. The second-order valence-electron chi connectivity index (χ2n) is 3.51. The summed E-state index contributed by atoms with van der Waals surface area (Å²) in [6.45, 7) is 2.52. The van der Waals surface area contributed by atoms with Crippen molar-refractivity contribution in [2.75, 3.05) is 6.61 Å². The molecule has 1 aromatic carbocycles. The van der Waals surface area contributed by atoms with E-state index >= 15 is 0 Å². The summed E-state index contributed by atoms with van der Waals surface area (Å²) in [7, 11) is 0. The maximum atomic E-state index is 10.8. The fourth-order valence-corrected chi connectivity index (χ4v) is 1.65. The van der Waals surface area contributed by atoms with Crippen molar-refractivity contribution in [3.63, 3.8) is 0 Å². The van der Waals surface area contributed by atoms with Gasteiger partial charge in [0.2, 0.25) is 0 Å². The summed E-state index contributed by atoms with van der Waals surface area (Å²) in [6.07, 6.45) is 2.15. The third-order valence-corrected chi connectivity index (χ3v) is 2.58. The molecule has 0 saturated carbocycles. The number of rotatable bonds is 5. The number of halogens is 1. The Kier molecular flexibility index (Phi) is 5.40. The Hall–Kier alpha value is -1.80. The van der Waals surface area contributed by atoms with Gasteiger partial charge in [0.1, 0.15) is 17.4 Å². The summed E-state index contributed by atoms with van der Waals surface area (Å²) in [5.41, 5.74) is 0.242. The molecular formula is C13H12BrNO3. The van der Waals surface area contributed by atoms with Crippen molar-refractivity contribution in [3.8, 4) is 11.8 Å². The highest BCUT2D eigenvalue weighted by atomic mass is 79.9. The monoisotopic (exact) mass is 309 g/mol. The second kappa shape index (κ2) is 6.82. The molecule has 0 unspecified atom stereocenters. The molecule has 4 nitrogen and oxygen atoms in total. The summed E-state index contributed by atoms with van der Waals surface area (Å²) >= 11 is 3.30. The lowest BCUT2D eigenvalue weighted by molar-refractivity contribution is -0.132. The first-order chi connectivity index (χ1) is 8.58. The minimum absolute atomic E-state index is 0.325. The quantitative estimate of drug-likeness (QED) is 0.669. The van der Waals surface area contributed by atoms with E-state index in [0.29, 0.717) is 17.9 Å². The van der Waals surface area contributed by atoms with Crippen LogP contribution < -0.4 is 4.74 Å². The van der Waals surface area contributed by atoms with Gasteiger partial charge in [-0.05, 0) is 30.7 Å². The number of carboxylic acid groups (broad SMARTS) is 1. The van der Waals surface area contributed by atoms with Crippen LogP contribution in [0.4, 0.5) is 0 Å². The van der Waals surface area contributed by atoms with E-state index in [0.717, 1.165) is 10.9 Å². The van der Waals surface area contributed by atoms with Crippen LogP contribution in [0.5, 0.6) is 5.75 Å². The van der Waals surface area contributed by atoms with Crippen LogP contribution in [0.3, 0.4) is 0 Å². The molecule has 0 atom stereocenters. The number of nitrogens with zero attached hydrogens (tertiary/aromatic N) is 1. The molecule has 0 aliphatic rings. The van der Waals surface area contributed by atoms with E-state index in [9.17, 15) is 4.79 Å². The Bertz CT molecular complexity index is 517. The van der Waals surface area contributed by atoms with Crippen molar-refractivity contribution >= 4 is 28.0 Å². The molecule has 0 fully saturated rings. The van der Waals surface area contributed by atoms with Crippen molar-refractivity contribution in [3.05, 3.63) is 33.8 Å². The van der Waals surface area contributed by atoms with Crippen LogP contribution in [0, 0.1) is 11.3 Å². The number of nitriles is 1. The van der Waals surface area contributed by atoms with Gasteiger partial charge in [-0.1, -0.05) is 22.9 Å². The van der Waals surface area contributed by atoms with Crippen molar-refractivity contribution in [2.24, 2.45) is 0 Å². The molecule has 5 heteroatoms. The number of ether oxygens (including phenoxy) is 1. The van der Waals surface area contributed by atoms with Crippen LogP contribution in [0.15, 0.2) is 28.2 Å². The lowest BCUT2D eigenvalue weighted by atomic mass is 10.1. The van der Waals surface area contributed by atoms with E-state index in [1.54, 1.807) is 24.3 Å². The van der Waals surface area contributed by atoms with Crippen molar-refractivity contribution in [2.45, 2.75) is 13.3 Å². The molecule has 0 heterocycles. The second-order valence-corrected chi connectivity index (χ2v) is 4.42. The molecule has 0 amide bonds. The summed E-state index contributed by atoms with van der Waals surface area (Å²) in [5, 5.41) is 17.6. The minimum Gasteiger partial charge on any atom is -0.493 e. The van der Waals surface area contributed by atoms with Crippen molar-refractivity contribution < 1.29 is 14.6 Å². The van der Waals surface area contributed by atoms with Gasteiger partial charge < -0.3 is 9.84 Å². The summed E-state index contributed by atoms with van der Waals surface area (Å²) < 4.78 is 6.29. The predicted octanol–water partition coefficient (Wildman–Crippen LogP) is 3.23. The van der Waals surface area contributed by atoms with Gasteiger partial charge in [-0.15, -0.1) is 0 Å². The molecule has 0 aromatic heterocycles. The van der Waals surface area contributed by atoms with Crippen LogP contribution >= 0.6 is 15.9 Å². The largest absolute Gasteiger partial charge is 0.493 e. The van der Waals surface area contributed by atoms with Gasteiger partial charge in [-0.25, -0.2) is 4.79 Å². The minimum atomic E-state index is -1.25. The Morgan fingerprint density at radius 2 is 2.33 bits per heavy atom. The molecule has 0 bridgehead atoms. The average Bonchev–Trinajstić information content (AvgIpc) is 2.34. The zero-order chi connectivity index (χ0) is 13.5. The normalized spacial score (nSPS) is 10.8. The first kappa shape index (κ1) is 14.3. The standard InChI is InChI=1S/C13H12BrNO3/c1-2-5-18-12-4-3-11(14)7-9(12)6-10(8-15)13(16)17/h3-4,6-7H,2,5H2,1H3,(H,16,17). The lowest BCUT2D eigenvalue weighted by Gasteiger charge is -2.08. The Balaban J connectivity index is 3.17. The van der Waals surface area contributed by atoms with Gasteiger partial charge in [-0.2, -0.15) is 5.26 Å². The van der Waals surface area contributed by atoms with Crippen molar-refractivity contribution in [1.82, 2.24) is 0 Å². The maximum absolute atomic E-state index is 10.8. The molecule has 1 rings (SSSR count). The summed E-state index contributed by atoms with van der Waals surface area (Å²) in [5.74, 6) is -0.687. The topological polar surface area (TPSA) is 70.3 Å². The van der Waals surface area contributed by atoms with Crippen LogP contribution in [-0.4, -0.2) is 17.7 Å². The van der Waals surface area contributed by atoms with E-state index in [2.05, 4.69) is 15.9 Å². The number of hydrogen-bond donors (Lipinski definition) is 1. The predicted molar refractivity (Wildman–Crippen MR) is 71.2 cm³/mol. The lowest BCUT2D eigenvalue weighted by Crippen LogP contribution is -2.00. The molecular weight excluding hydrogens is 298 g/mol. The number of benzene rings is 1. The number of carbonyl (C=O) groups is 1. The van der Waals surface area contributed by atoms with Gasteiger partial charge in [0.15, 0.2) is 0 Å². The molecule has 0 aliphatic heterocycles. The first-order valence-electron chi connectivity index (χ1n) is 5.36. The van der Waals surface area contributed by atoms with Crippen LogP contribution in [-0.2, 0) is 4.79 Å². The van der Waals surface area contributed by atoms with Crippen LogP contribution in [0.25, 0.3) is 6.08 Å². The van der Waals surface area contributed by atoms with E-state index in [-0.39, 0.29) is 5.57 Å². The summed E-state index contributed by atoms with van der Waals surface area (Å²) in [4.78, 5) is 10.8. The highest BCUT2D eigenvalue weighted by Crippen LogP contribution is 2.25. The third kappa shape index (κ3) is 3.90. The molecule has 0 saturated heterocycles. The molecule has 0 spiro atoms. The molecule has 0 aliphatic carbocycles. The SMILES string of the molecule is CCCOc1ccc(Br)cc1C=C(C#N)C(=O)O. The Morgan fingerprint density at radius 1 is 1.61 bits per heavy atom. The molecule has 0 radical (unpaired) electrons. The van der Waals surface area contributed by atoms with E-state index < -0.39 is 5.97 Å². The molecule has 1 N–H and O–H groups in total. The van der Waals surface area contributed by atoms with E-state index in [1.807, 2.05) is 6.92 Å². The van der Waals surface area contributed by atoms with E-state index in [4.69, 9.17) is 15.1 Å². The zero-order valence-electron chi connectivity index (χ0n) is 9.81. The number of aliphatic carboxylic acids is 1. The van der Waals surface area contributed by atoms with Crippen LogP contribution in [0.1, 0.15) is 18.9 Å². The fourth-order valence-electron chi connectivity index (χ4n) is 1.27. The van der Waals surface area contributed by atoms with E-state index in [1.165, 1.54) is 6.08 Å². The van der Waals surface area contributed by atoms with Crippen molar-refractivity contribution in [1.29, 1.82) is 5.26 Å². The first-order valence-corrected chi connectivity index (χ1v) is 6.15. The number of hydrogen-bond acceptors (Lipinski definition) is 3. The van der Waals surface area contributed by atoms with Gasteiger partial charge in [0.25, 0.3) is 0 Å². The zero-order valence-corrected chi connectivity index (χ0v) is 11.4. The highest BCUT2D eigenvalue weighted by Gasteiger charge is 2.09. The number of carboxylic acids is 1. The maximum Gasteiger partial charge on any atom is 0.346 e. The van der Waals surface area contributed by atoms with Gasteiger partial charge in [-0.3, -0.25) is 0 Å². The smallest absolute Gasteiger partial charge is 0.346 e. The molecule has 94 valence electrons. The van der Waals surface area contributed by atoms with Gasteiger partial charge >= 0.3 is 5.97 Å². The van der Waals surface area contributed by atoms with Gasteiger partial charge in [0, 0.05) is 10.0 Å². The molecule has 1 aromatic rings. The molecule has 18 heavy (non-hydrogen) atoms. The Morgan fingerprint density at radius 3 is 2.89 bits per heavy atom. The van der Waals surface area contributed by atoms with Gasteiger partial charge in [0.05, 0.1) is 6.61 Å². The highest BCUT2D eigenvalue weighted by molar-refractivity contribution is 9.10. The average molecular weight is 310 g/mol. The van der Waals surface area contributed by atoms with Crippen LogP contribution in [0.2, 0.25) is 0 Å². The fraction of sp³-hybridized carbons (Fsp3) is 0.231. The third-order valence-electron chi connectivity index (χ3n) is 2.08.